The Balaban J connectivity index is 3.33. The molecule has 0 fully saturated rings. The van der Waals surface area contributed by atoms with Gasteiger partial charge in [-0.3, -0.25) is 4.79 Å². The van der Waals surface area contributed by atoms with Gasteiger partial charge in [-0.2, -0.15) is 0 Å². The van der Waals surface area contributed by atoms with Crippen molar-refractivity contribution in [1.82, 2.24) is 4.31 Å². The Morgan fingerprint density at radius 2 is 1.84 bits per heavy atom. The Kier molecular flexibility index (Phi) is 4.90. The normalized spacial score (nSPS) is 11.6. The predicted octanol–water partition coefficient (Wildman–Crippen LogP) is 0.848. The van der Waals surface area contributed by atoms with Crippen molar-refractivity contribution in [3.63, 3.8) is 0 Å². The number of benzene rings is 1. The minimum Gasteiger partial charge on any atom is -0.480 e. The molecule has 1 aromatic carbocycles. The largest absolute Gasteiger partial charge is 0.480 e. The van der Waals surface area contributed by atoms with Crippen LogP contribution in [0.1, 0.15) is 6.92 Å². The average molecular weight is 286 g/mol. The molecule has 0 saturated carbocycles. The molecule has 0 spiro atoms. The lowest BCUT2D eigenvalue weighted by molar-refractivity contribution is -0.135. The number of nitrogens with zero attached hydrogens (tertiary/aromatic N) is 2. The van der Waals surface area contributed by atoms with Gasteiger partial charge >= 0.3 is 5.97 Å². The minimum atomic E-state index is -3.60. The van der Waals surface area contributed by atoms with Crippen LogP contribution in [0.2, 0.25) is 0 Å². The molecule has 0 radical (unpaired) electrons. The molecule has 106 valence electrons. The molecule has 0 saturated heterocycles. The van der Waals surface area contributed by atoms with E-state index in [2.05, 4.69) is 0 Å². The van der Waals surface area contributed by atoms with Gasteiger partial charge in [0, 0.05) is 20.6 Å². The molecule has 1 rings (SSSR count). The van der Waals surface area contributed by atoms with Crippen molar-refractivity contribution in [2.24, 2.45) is 0 Å². The highest BCUT2D eigenvalue weighted by Gasteiger charge is 2.23. The number of hydrogen-bond acceptors (Lipinski definition) is 4. The van der Waals surface area contributed by atoms with Crippen molar-refractivity contribution in [3.05, 3.63) is 24.3 Å². The van der Waals surface area contributed by atoms with Crippen molar-refractivity contribution >= 4 is 21.7 Å². The summed E-state index contributed by atoms with van der Waals surface area (Å²) in [5.74, 6) is -1.00. The fourth-order valence-corrected chi connectivity index (χ4v) is 2.77. The number of sulfonamides is 1. The van der Waals surface area contributed by atoms with E-state index in [0.29, 0.717) is 12.2 Å². The van der Waals surface area contributed by atoms with Gasteiger partial charge in [0.2, 0.25) is 10.0 Å². The van der Waals surface area contributed by atoms with Crippen LogP contribution in [0.4, 0.5) is 5.69 Å². The first kappa shape index (κ1) is 15.5. The lowest BCUT2D eigenvalue weighted by Crippen LogP contribution is -2.32. The average Bonchev–Trinajstić information content (AvgIpc) is 2.35. The van der Waals surface area contributed by atoms with E-state index in [-0.39, 0.29) is 11.4 Å². The first-order chi connectivity index (χ1) is 8.80. The molecule has 1 aromatic rings. The van der Waals surface area contributed by atoms with Gasteiger partial charge in [-0.25, -0.2) is 12.7 Å². The lowest BCUT2D eigenvalue weighted by Gasteiger charge is -2.24. The second-order valence-electron chi connectivity index (χ2n) is 4.16. The Bertz CT molecular complexity index is 555. The molecular weight excluding hydrogens is 268 g/mol. The summed E-state index contributed by atoms with van der Waals surface area (Å²) in [5.41, 5.74) is 0.404. The van der Waals surface area contributed by atoms with Crippen LogP contribution in [-0.4, -0.2) is 51.0 Å². The van der Waals surface area contributed by atoms with E-state index in [1.807, 2.05) is 0 Å². The molecular formula is C12H18N2O4S. The summed E-state index contributed by atoms with van der Waals surface area (Å²) < 4.78 is 25.5. The van der Waals surface area contributed by atoms with Crippen molar-refractivity contribution in [1.29, 1.82) is 0 Å². The highest BCUT2D eigenvalue weighted by atomic mass is 32.2. The van der Waals surface area contributed by atoms with Crippen LogP contribution in [0, 0.1) is 0 Å². The van der Waals surface area contributed by atoms with Gasteiger partial charge in [-0.1, -0.05) is 12.1 Å². The van der Waals surface area contributed by atoms with E-state index in [4.69, 9.17) is 5.11 Å². The fourth-order valence-electron chi connectivity index (χ4n) is 1.66. The van der Waals surface area contributed by atoms with Gasteiger partial charge in [-0.05, 0) is 19.1 Å². The minimum absolute atomic E-state index is 0.114. The smallest absolute Gasteiger partial charge is 0.323 e. The van der Waals surface area contributed by atoms with Crippen LogP contribution >= 0.6 is 0 Å². The number of carboxylic acid groups (broad SMARTS) is 1. The Hall–Kier alpha value is -1.60. The van der Waals surface area contributed by atoms with Crippen LogP contribution < -0.4 is 4.90 Å². The first-order valence-corrected chi connectivity index (χ1v) is 7.23. The zero-order valence-electron chi connectivity index (χ0n) is 11.2. The zero-order valence-corrected chi connectivity index (χ0v) is 12.0. The second kappa shape index (κ2) is 6.03. The molecule has 0 bridgehead atoms. The molecule has 0 aliphatic heterocycles. The molecule has 0 aliphatic carbocycles. The molecule has 0 heterocycles. The topological polar surface area (TPSA) is 77.9 Å². The Labute approximate surface area is 113 Å². The number of rotatable bonds is 6. The van der Waals surface area contributed by atoms with Crippen LogP contribution in [0.3, 0.4) is 0 Å². The van der Waals surface area contributed by atoms with Gasteiger partial charge in [0.1, 0.15) is 11.4 Å². The van der Waals surface area contributed by atoms with Crippen molar-refractivity contribution < 1.29 is 18.3 Å². The van der Waals surface area contributed by atoms with Crippen molar-refractivity contribution in [2.45, 2.75) is 11.8 Å². The highest BCUT2D eigenvalue weighted by Crippen LogP contribution is 2.26. The third-order valence-electron chi connectivity index (χ3n) is 2.67. The van der Waals surface area contributed by atoms with Gasteiger partial charge in [-0.15, -0.1) is 0 Å². The number of carboxylic acids is 1. The van der Waals surface area contributed by atoms with Crippen molar-refractivity contribution in [3.8, 4) is 0 Å². The molecule has 0 atom stereocenters. The van der Waals surface area contributed by atoms with Crippen LogP contribution in [0.15, 0.2) is 29.2 Å². The third kappa shape index (κ3) is 3.45. The third-order valence-corrected chi connectivity index (χ3v) is 4.53. The van der Waals surface area contributed by atoms with E-state index in [1.54, 1.807) is 25.1 Å². The summed E-state index contributed by atoms with van der Waals surface area (Å²) in [6.07, 6.45) is 0. The highest BCUT2D eigenvalue weighted by molar-refractivity contribution is 7.89. The monoisotopic (exact) mass is 286 g/mol. The maximum atomic E-state index is 12.2. The molecule has 0 aliphatic rings. The number of hydrogen-bond donors (Lipinski definition) is 1. The van der Waals surface area contributed by atoms with Crippen LogP contribution in [-0.2, 0) is 14.8 Å². The fraction of sp³-hybridized carbons (Fsp3) is 0.417. The Morgan fingerprint density at radius 3 is 2.32 bits per heavy atom. The standard InChI is InChI=1S/C12H18N2O4S/c1-4-14(9-12(15)16)10-7-5-6-8-11(10)19(17,18)13(2)3/h5-8H,4,9H2,1-3H3,(H,15,16). The van der Waals surface area contributed by atoms with Gasteiger partial charge in [0.25, 0.3) is 0 Å². The number of aliphatic carboxylic acids is 1. The molecule has 19 heavy (non-hydrogen) atoms. The molecule has 0 aromatic heterocycles. The quantitative estimate of drug-likeness (QED) is 0.838. The first-order valence-electron chi connectivity index (χ1n) is 5.79. The van der Waals surface area contributed by atoms with E-state index < -0.39 is 16.0 Å². The maximum absolute atomic E-state index is 12.2. The predicted molar refractivity (Wildman–Crippen MR) is 72.8 cm³/mol. The molecule has 6 nitrogen and oxygen atoms in total. The van der Waals surface area contributed by atoms with Gasteiger partial charge in [0.15, 0.2) is 0 Å². The SMILES string of the molecule is CCN(CC(=O)O)c1ccccc1S(=O)(=O)N(C)C. The molecule has 1 N–H and O–H groups in total. The van der Waals surface area contributed by atoms with Crippen LogP contribution in [0.5, 0.6) is 0 Å². The second-order valence-corrected chi connectivity index (χ2v) is 6.28. The summed E-state index contributed by atoms with van der Waals surface area (Å²) >= 11 is 0. The summed E-state index contributed by atoms with van der Waals surface area (Å²) in [6, 6.07) is 6.40. The summed E-state index contributed by atoms with van der Waals surface area (Å²) in [5, 5.41) is 8.88. The number of likely N-dealkylation sites (N-methyl/N-ethyl adjacent to an activating group) is 1. The number of anilines is 1. The summed E-state index contributed by atoms with van der Waals surface area (Å²) in [4.78, 5) is 12.5. The van der Waals surface area contributed by atoms with Crippen molar-refractivity contribution in [2.75, 3.05) is 32.1 Å². The van der Waals surface area contributed by atoms with Gasteiger partial charge < -0.3 is 10.0 Å². The molecule has 0 unspecified atom stereocenters. The molecule has 0 amide bonds. The summed E-state index contributed by atoms with van der Waals surface area (Å²) in [7, 11) is -0.712. The van der Waals surface area contributed by atoms with E-state index in [1.165, 1.54) is 25.1 Å². The summed E-state index contributed by atoms with van der Waals surface area (Å²) in [6.45, 7) is 1.95. The van der Waals surface area contributed by atoms with E-state index in [9.17, 15) is 13.2 Å². The number of carbonyl (C=O) groups is 1. The lowest BCUT2D eigenvalue weighted by atomic mass is 10.3. The van der Waals surface area contributed by atoms with E-state index in [0.717, 1.165) is 4.31 Å². The number of para-hydroxylation sites is 1. The van der Waals surface area contributed by atoms with E-state index >= 15 is 0 Å². The van der Waals surface area contributed by atoms with Crippen LogP contribution in [0.25, 0.3) is 0 Å². The Morgan fingerprint density at radius 1 is 1.26 bits per heavy atom. The molecule has 7 heteroatoms. The van der Waals surface area contributed by atoms with Gasteiger partial charge in [0.05, 0.1) is 5.69 Å². The zero-order chi connectivity index (χ0) is 14.6. The maximum Gasteiger partial charge on any atom is 0.323 e.